The topological polar surface area (TPSA) is 75.3 Å². The molecule has 0 radical (unpaired) electrons. The zero-order valence-electron chi connectivity index (χ0n) is 12.1. The summed E-state index contributed by atoms with van der Waals surface area (Å²) in [4.78, 5) is 12.1. The van der Waals surface area contributed by atoms with Gasteiger partial charge in [-0.1, -0.05) is 35.3 Å². The highest BCUT2D eigenvalue weighted by atomic mass is 35.5. The van der Waals surface area contributed by atoms with E-state index in [1.165, 1.54) is 25.1 Å². The molecule has 0 fully saturated rings. The lowest BCUT2D eigenvalue weighted by atomic mass is 10.3. The number of amides is 1. The van der Waals surface area contributed by atoms with Gasteiger partial charge < -0.3 is 5.32 Å². The molecule has 0 saturated carbocycles. The third-order valence-corrected chi connectivity index (χ3v) is 4.93. The predicted octanol–water partition coefficient (Wildman–Crippen LogP) is 3.30. The minimum absolute atomic E-state index is 0.00703. The minimum Gasteiger partial charge on any atom is -0.325 e. The van der Waals surface area contributed by atoms with Crippen LogP contribution in [0.4, 0.5) is 5.69 Å². The normalized spacial score (nSPS) is 12.7. The van der Waals surface area contributed by atoms with E-state index in [4.69, 9.17) is 23.2 Å². The number of hydrogen-bond acceptors (Lipinski definition) is 3. The van der Waals surface area contributed by atoms with Gasteiger partial charge in [0.15, 0.2) is 0 Å². The molecule has 2 aromatic carbocycles. The highest BCUT2D eigenvalue weighted by Gasteiger charge is 2.22. The summed E-state index contributed by atoms with van der Waals surface area (Å²) in [5.41, 5.74) is 0.483. The molecule has 122 valence electrons. The Labute approximate surface area is 144 Å². The summed E-state index contributed by atoms with van der Waals surface area (Å²) in [6.45, 7) is 1.45. The number of sulfonamides is 1. The first-order valence-corrected chi connectivity index (χ1v) is 8.86. The summed E-state index contributed by atoms with van der Waals surface area (Å²) in [6.07, 6.45) is 0. The third kappa shape index (κ3) is 4.94. The molecule has 1 amide bonds. The Morgan fingerprint density at radius 1 is 1.04 bits per heavy atom. The molecule has 2 N–H and O–H groups in total. The van der Waals surface area contributed by atoms with E-state index in [1.807, 2.05) is 0 Å². The van der Waals surface area contributed by atoms with Gasteiger partial charge in [0.25, 0.3) is 0 Å². The Balaban J connectivity index is 2.08. The fourth-order valence-corrected chi connectivity index (χ4v) is 3.50. The van der Waals surface area contributed by atoms with Gasteiger partial charge >= 0.3 is 0 Å². The Kier molecular flexibility index (Phi) is 5.64. The van der Waals surface area contributed by atoms with Crippen LogP contribution in [0.15, 0.2) is 53.4 Å². The smallest absolute Gasteiger partial charge is 0.242 e. The van der Waals surface area contributed by atoms with Crippen LogP contribution in [0.25, 0.3) is 0 Å². The van der Waals surface area contributed by atoms with Crippen molar-refractivity contribution in [2.45, 2.75) is 17.9 Å². The second kappa shape index (κ2) is 7.31. The van der Waals surface area contributed by atoms with Gasteiger partial charge in [0.1, 0.15) is 0 Å². The number of benzene rings is 2. The predicted molar refractivity (Wildman–Crippen MR) is 91.3 cm³/mol. The van der Waals surface area contributed by atoms with Gasteiger partial charge in [0.2, 0.25) is 15.9 Å². The van der Waals surface area contributed by atoms with E-state index in [0.717, 1.165) is 0 Å². The van der Waals surface area contributed by atoms with E-state index in [2.05, 4.69) is 10.0 Å². The van der Waals surface area contributed by atoms with Crippen molar-refractivity contribution in [1.82, 2.24) is 4.72 Å². The zero-order chi connectivity index (χ0) is 17.0. The maximum Gasteiger partial charge on any atom is 0.242 e. The molecule has 0 heterocycles. The fraction of sp³-hybridized carbons (Fsp3) is 0.133. The summed E-state index contributed by atoms with van der Waals surface area (Å²) in [5, 5.41) is 3.35. The summed E-state index contributed by atoms with van der Waals surface area (Å²) in [5.74, 6) is -0.502. The number of rotatable bonds is 5. The molecular formula is C15H14Cl2N2O3S. The fourth-order valence-electron chi connectivity index (χ4n) is 1.81. The Morgan fingerprint density at radius 2 is 1.65 bits per heavy atom. The number of carbonyl (C=O) groups is 1. The third-order valence-electron chi connectivity index (χ3n) is 2.92. The van der Waals surface area contributed by atoms with E-state index >= 15 is 0 Å². The van der Waals surface area contributed by atoms with Crippen LogP contribution >= 0.6 is 23.2 Å². The Bertz CT molecular complexity index is 825. The van der Waals surface area contributed by atoms with Crippen molar-refractivity contribution < 1.29 is 13.2 Å². The molecule has 0 aliphatic carbocycles. The summed E-state index contributed by atoms with van der Waals surface area (Å²) in [6, 6.07) is 11.4. The summed E-state index contributed by atoms with van der Waals surface area (Å²) in [7, 11) is -3.85. The van der Waals surface area contributed by atoms with Gasteiger partial charge in [-0.15, -0.1) is 0 Å². The van der Waals surface area contributed by atoms with Crippen LogP contribution in [-0.2, 0) is 14.8 Å². The van der Waals surface area contributed by atoms with Crippen LogP contribution in [0.5, 0.6) is 0 Å². The summed E-state index contributed by atoms with van der Waals surface area (Å²) >= 11 is 11.6. The maximum atomic E-state index is 12.2. The lowest BCUT2D eigenvalue weighted by Gasteiger charge is -2.14. The van der Waals surface area contributed by atoms with E-state index in [0.29, 0.717) is 15.7 Å². The van der Waals surface area contributed by atoms with Crippen LogP contribution in [0.3, 0.4) is 0 Å². The average molecular weight is 373 g/mol. The molecule has 0 spiro atoms. The molecular weight excluding hydrogens is 359 g/mol. The Hall–Kier alpha value is -1.60. The van der Waals surface area contributed by atoms with Crippen molar-refractivity contribution in [3.8, 4) is 0 Å². The van der Waals surface area contributed by atoms with Crippen molar-refractivity contribution >= 4 is 44.8 Å². The lowest BCUT2D eigenvalue weighted by molar-refractivity contribution is -0.117. The number of nitrogens with one attached hydrogen (secondary N) is 2. The monoisotopic (exact) mass is 372 g/mol. The van der Waals surface area contributed by atoms with Gasteiger partial charge in [0.05, 0.1) is 10.9 Å². The molecule has 0 aliphatic heterocycles. The van der Waals surface area contributed by atoms with Crippen molar-refractivity contribution in [3.05, 3.63) is 58.6 Å². The van der Waals surface area contributed by atoms with Crippen LogP contribution in [0.2, 0.25) is 10.0 Å². The molecule has 8 heteroatoms. The molecule has 1 atom stereocenters. The first-order chi connectivity index (χ1) is 10.8. The lowest BCUT2D eigenvalue weighted by Crippen LogP contribution is -2.41. The zero-order valence-corrected chi connectivity index (χ0v) is 14.4. The standard InChI is InChI=1S/C15H14Cl2N2O3S/c1-10(15(20)18-13-6-2-4-11(16)8-13)19-23(21,22)14-7-3-5-12(17)9-14/h2-10,19H,1H3,(H,18,20)/t10-/m0/s1. The molecule has 0 saturated heterocycles. The minimum atomic E-state index is -3.85. The van der Waals surface area contributed by atoms with Crippen LogP contribution in [-0.4, -0.2) is 20.4 Å². The SMILES string of the molecule is C[C@H](NS(=O)(=O)c1cccc(Cl)c1)C(=O)Nc1cccc(Cl)c1. The van der Waals surface area contributed by atoms with E-state index < -0.39 is 22.0 Å². The molecule has 23 heavy (non-hydrogen) atoms. The van der Waals surface area contributed by atoms with Crippen LogP contribution in [0, 0.1) is 0 Å². The number of halogens is 2. The van der Waals surface area contributed by atoms with Gasteiger partial charge in [-0.3, -0.25) is 4.79 Å². The largest absolute Gasteiger partial charge is 0.325 e. The van der Waals surface area contributed by atoms with Crippen molar-refractivity contribution in [3.63, 3.8) is 0 Å². The van der Waals surface area contributed by atoms with Gasteiger partial charge in [0, 0.05) is 15.7 Å². The maximum absolute atomic E-state index is 12.2. The van der Waals surface area contributed by atoms with Crippen LogP contribution in [0.1, 0.15) is 6.92 Å². The van der Waals surface area contributed by atoms with Gasteiger partial charge in [-0.25, -0.2) is 8.42 Å². The van der Waals surface area contributed by atoms with Gasteiger partial charge in [-0.05, 0) is 43.3 Å². The highest BCUT2D eigenvalue weighted by Crippen LogP contribution is 2.17. The first kappa shape index (κ1) is 17.7. The van der Waals surface area contributed by atoms with E-state index in [-0.39, 0.29) is 4.90 Å². The van der Waals surface area contributed by atoms with E-state index in [1.54, 1.807) is 30.3 Å². The van der Waals surface area contributed by atoms with Crippen molar-refractivity contribution in [2.24, 2.45) is 0 Å². The van der Waals surface area contributed by atoms with E-state index in [9.17, 15) is 13.2 Å². The number of hydrogen-bond donors (Lipinski definition) is 2. The first-order valence-electron chi connectivity index (χ1n) is 6.62. The molecule has 0 aliphatic rings. The summed E-state index contributed by atoms with van der Waals surface area (Å²) < 4.78 is 26.8. The number of carbonyl (C=O) groups excluding carboxylic acids is 1. The van der Waals surface area contributed by atoms with Crippen molar-refractivity contribution in [1.29, 1.82) is 0 Å². The Morgan fingerprint density at radius 3 is 2.26 bits per heavy atom. The average Bonchev–Trinajstić information content (AvgIpc) is 2.46. The van der Waals surface area contributed by atoms with Crippen LogP contribution < -0.4 is 10.0 Å². The second-order valence-electron chi connectivity index (χ2n) is 4.80. The second-order valence-corrected chi connectivity index (χ2v) is 7.39. The highest BCUT2D eigenvalue weighted by molar-refractivity contribution is 7.89. The molecule has 5 nitrogen and oxygen atoms in total. The van der Waals surface area contributed by atoms with Crippen molar-refractivity contribution in [2.75, 3.05) is 5.32 Å². The molecule has 0 aromatic heterocycles. The number of anilines is 1. The molecule has 0 bridgehead atoms. The molecule has 2 rings (SSSR count). The molecule has 2 aromatic rings. The molecule has 0 unspecified atom stereocenters. The van der Waals surface area contributed by atoms with Gasteiger partial charge in [-0.2, -0.15) is 4.72 Å². The quantitative estimate of drug-likeness (QED) is 0.845.